The van der Waals surface area contributed by atoms with Gasteiger partial charge in [0.05, 0.1) is 21.2 Å². The molecule has 2 aromatic carbocycles. The zero-order valence-electron chi connectivity index (χ0n) is 13.9. The van der Waals surface area contributed by atoms with Crippen LogP contribution in [0.2, 0.25) is 0 Å². The number of halogens is 3. The van der Waals surface area contributed by atoms with E-state index in [1.165, 1.54) is 0 Å². The summed E-state index contributed by atoms with van der Waals surface area (Å²) in [6.45, 7) is 0. The highest BCUT2D eigenvalue weighted by molar-refractivity contribution is 9.13. The van der Waals surface area contributed by atoms with Crippen LogP contribution in [0.15, 0.2) is 50.1 Å². The third-order valence-corrected chi connectivity index (χ3v) is 6.60. The summed E-state index contributed by atoms with van der Waals surface area (Å²) in [7, 11) is 4.04. The molecule has 0 radical (unpaired) electrons. The number of aromatic nitrogens is 4. The molecule has 0 spiro atoms. The Kier molecular flexibility index (Phi) is 4.66. The van der Waals surface area contributed by atoms with Crippen molar-refractivity contribution < 1.29 is 0 Å². The highest BCUT2D eigenvalue weighted by Gasteiger charge is 2.17. The first-order chi connectivity index (χ1) is 12.5. The molecule has 26 heavy (non-hydrogen) atoms. The van der Waals surface area contributed by atoms with E-state index in [9.17, 15) is 0 Å². The quantitative estimate of drug-likeness (QED) is 0.337. The number of nitrogens with one attached hydrogen (secondary N) is 2. The van der Waals surface area contributed by atoms with Gasteiger partial charge in [-0.15, -0.1) is 0 Å². The molecule has 8 heteroatoms. The maximum Gasteiger partial charge on any atom is 0.140 e. The summed E-state index contributed by atoms with van der Waals surface area (Å²) in [6.07, 6.45) is 0. The number of rotatable bonds is 3. The average Bonchev–Trinajstić information content (AvgIpc) is 3.19. The van der Waals surface area contributed by atoms with Crippen LogP contribution in [0.25, 0.3) is 33.8 Å². The van der Waals surface area contributed by atoms with Gasteiger partial charge in [0, 0.05) is 25.2 Å². The van der Waals surface area contributed by atoms with Crippen molar-refractivity contribution in [1.82, 2.24) is 19.9 Å². The van der Waals surface area contributed by atoms with Crippen molar-refractivity contribution in [1.29, 1.82) is 0 Å². The van der Waals surface area contributed by atoms with Crippen LogP contribution in [0.5, 0.6) is 0 Å². The molecule has 2 heterocycles. The molecule has 0 fully saturated rings. The molecule has 0 aliphatic rings. The van der Waals surface area contributed by atoms with Gasteiger partial charge in [0.15, 0.2) is 0 Å². The van der Waals surface area contributed by atoms with Crippen molar-refractivity contribution in [3.05, 3.63) is 50.1 Å². The van der Waals surface area contributed by atoms with Crippen molar-refractivity contribution in [2.75, 3.05) is 19.0 Å². The molecule has 2 N–H and O–H groups in total. The van der Waals surface area contributed by atoms with E-state index < -0.39 is 0 Å². The second-order valence-corrected chi connectivity index (χ2v) is 8.35. The number of H-pyrrole nitrogens is 2. The lowest BCUT2D eigenvalue weighted by Gasteiger charge is -2.14. The molecule has 4 aromatic rings. The minimum absolute atomic E-state index is 0.741. The molecule has 2 aromatic heterocycles. The van der Waals surface area contributed by atoms with Gasteiger partial charge in [0.1, 0.15) is 20.9 Å². The molecule has 0 saturated carbocycles. The highest BCUT2D eigenvalue weighted by Crippen LogP contribution is 2.36. The molecule has 5 nitrogen and oxygen atoms in total. The number of fused-ring (bicyclic) bond motifs is 1. The molecule has 0 unspecified atom stereocenters. The van der Waals surface area contributed by atoms with Gasteiger partial charge in [0.25, 0.3) is 0 Å². The van der Waals surface area contributed by atoms with E-state index >= 15 is 0 Å². The fourth-order valence-electron chi connectivity index (χ4n) is 2.86. The molecule has 0 bridgehead atoms. The summed E-state index contributed by atoms with van der Waals surface area (Å²) < 4.78 is 2.55. The van der Waals surface area contributed by atoms with Crippen LogP contribution in [0.3, 0.4) is 0 Å². The topological polar surface area (TPSA) is 60.6 Å². The Morgan fingerprint density at radius 2 is 1.50 bits per heavy atom. The molecule has 0 saturated heterocycles. The summed E-state index contributed by atoms with van der Waals surface area (Å²) in [5.74, 6) is 1.57. The Morgan fingerprint density at radius 3 is 2.08 bits per heavy atom. The van der Waals surface area contributed by atoms with E-state index in [0.29, 0.717) is 0 Å². The van der Waals surface area contributed by atoms with E-state index in [1.54, 1.807) is 0 Å². The lowest BCUT2D eigenvalue weighted by atomic mass is 10.1. The number of hydrogen-bond donors (Lipinski definition) is 2. The number of hydrogen-bond acceptors (Lipinski definition) is 3. The van der Waals surface area contributed by atoms with Gasteiger partial charge in [-0.2, -0.15) is 0 Å². The first kappa shape index (κ1) is 17.8. The molecule has 0 aliphatic heterocycles. The van der Waals surface area contributed by atoms with E-state index in [4.69, 9.17) is 4.98 Å². The average molecular weight is 540 g/mol. The van der Waals surface area contributed by atoms with Crippen molar-refractivity contribution in [2.45, 2.75) is 0 Å². The second-order valence-electron chi connectivity index (χ2n) is 6.01. The van der Waals surface area contributed by atoms with Crippen LogP contribution >= 0.6 is 47.8 Å². The fraction of sp³-hybridized carbons (Fsp3) is 0.111. The first-order valence-electron chi connectivity index (χ1n) is 7.82. The van der Waals surface area contributed by atoms with E-state index in [2.05, 4.69) is 73.7 Å². The number of anilines is 1. The summed E-state index contributed by atoms with van der Waals surface area (Å²) in [5.41, 5.74) is 4.94. The van der Waals surface area contributed by atoms with Gasteiger partial charge >= 0.3 is 0 Å². The monoisotopic (exact) mass is 537 g/mol. The highest BCUT2D eigenvalue weighted by atomic mass is 79.9. The van der Waals surface area contributed by atoms with E-state index in [0.717, 1.165) is 53.2 Å². The Labute approximate surface area is 175 Å². The third-order valence-electron chi connectivity index (χ3n) is 4.11. The van der Waals surface area contributed by atoms with Gasteiger partial charge in [0.2, 0.25) is 0 Å². The third kappa shape index (κ3) is 3.00. The Balaban J connectivity index is 1.90. The summed E-state index contributed by atoms with van der Waals surface area (Å²) in [6, 6.07) is 12.1. The van der Waals surface area contributed by atoms with Crippen LogP contribution in [0.4, 0.5) is 5.69 Å². The van der Waals surface area contributed by atoms with Gasteiger partial charge in [-0.1, -0.05) is 24.3 Å². The second kappa shape index (κ2) is 6.83. The van der Waals surface area contributed by atoms with Gasteiger partial charge in [-0.05, 0) is 59.9 Å². The van der Waals surface area contributed by atoms with Crippen LogP contribution in [0, 0.1) is 0 Å². The van der Waals surface area contributed by atoms with Crippen LogP contribution in [-0.2, 0) is 0 Å². The molecular weight excluding hydrogens is 526 g/mol. The van der Waals surface area contributed by atoms with Gasteiger partial charge in [-0.3, -0.25) is 0 Å². The number of nitrogens with zero attached hydrogens (tertiary/aromatic N) is 3. The summed E-state index contributed by atoms with van der Waals surface area (Å²) >= 11 is 10.6. The largest absolute Gasteiger partial charge is 0.377 e. The number of benzene rings is 2. The fourth-order valence-corrected chi connectivity index (χ4v) is 4.20. The summed E-state index contributed by atoms with van der Waals surface area (Å²) in [4.78, 5) is 18.1. The molecule has 4 rings (SSSR count). The summed E-state index contributed by atoms with van der Waals surface area (Å²) in [5, 5.41) is 0. The zero-order chi connectivity index (χ0) is 18.4. The van der Waals surface area contributed by atoms with Crippen molar-refractivity contribution in [3.8, 4) is 22.8 Å². The zero-order valence-corrected chi connectivity index (χ0v) is 18.7. The number of imidazole rings is 2. The molecule has 0 amide bonds. The maximum absolute atomic E-state index is 4.79. The molecule has 0 atom stereocenters. The number of aromatic amines is 2. The predicted molar refractivity (Wildman–Crippen MR) is 117 cm³/mol. The van der Waals surface area contributed by atoms with Gasteiger partial charge in [-0.25, -0.2) is 9.97 Å². The van der Waals surface area contributed by atoms with Crippen LogP contribution in [0.1, 0.15) is 0 Å². The predicted octanol–water partition coefficient (Wildman–Crippen LogP) is 5.97. The van der Waals surface area contributed by atoms with Crippen molar-refractivity contribution >= 4 is 64.5 Å². The van der Waals surface area contributed by atoms with Crippen molar-refractivity contribution in [3.63, 3.8) is 0 Å². The lowest BCUT2D eigenvalue weighted by molar-refractivity contribution is 1.13. The van der Waals surface area contributed by atoms with Crippen LogP contribution < -0.4 is 4.90 Å². The Hall–Kier alpha value is -1.64. The Bertz CT molecular complexity index is 1090. The lowest BCUT2D eigenvalue weighted by Crippen LogP contribution is -2.09. The Morgan fingerprint density at radius 1 is 0.846 bits per heavy atom. The van der Waals surface area contributed by atoms with Gasteiger partial charge < -0.3 is 14.9 Å². The minimum Gasteiger partial charge on any atom is -0.377 e. The minimum atomic E-state index is 0.741. The standard InChI is InChI=1S/C18H14Br3N5/c1-26(2)12-8-7-11-14(13(12)19)23-17(22-11)9-5-3-4-6-10(9)18-24-15(20)16(21)25-18/h3-8H,1-2H3,(H,22,23)(H,24,25). The molecule has 132 valence electrons. The molecular formula is C18H14Br3N5. The molecule has 0 aliphatic carbocycles. The van der Waals surface area contributed by atoms with E-state index in [-0.39, 0.29) is 0 Å². The SMILES string of the molecule is CN(C)c1ccc2nc(-c3ccccc3-c3nc(Br)c(Br)[nH]3)[nH]c2c1Br. The van der Waals surface area contributed by atoms with Crippen molar-refractivity contribution in [2.24, 2.45) is 0 Å². The first-order valence-corrected chi connectivity index (χ1v) is 10.2. The van der Waals surface area contributed by atoms with Crippen LogP contribution in [-0.4, -0.2) is 34.0 Å². The normalized spacial score (nSPS) is 11.3. The van der Waals surface area contributed by atoms with E-state index in [1.807, 2.05) is 44.4 Å². The maximum atomic E-state index is 4.79. The smallest absolute Gasteiger partial charge is 0.140 e.